The molecule has 0 aliphatic rings. The van der Waals surface area contributed by atoms with Gasteiger partial charge < -0.3 is 19.6 Å². The second-order valence-electron chi connectivity index (χ2n) is 5.07. The second-order valence-corrected chi connectivity index (χ2v) is 5.07. The number of rotatable bonds is 5. The molecule has 1 heterocycles. The van der Waals surface area contributed by atoms with Gasteiger partial charge in [-0.05, 0) is 17.7 Å². The number of nitrogens with zero attached hydrogens (tertiary/aromatic N) is 1. The lowest BCUT2D eigenvalue weighted by Gasteiger charge is -2.13. The van der Waals surface area contributed by atoms with Crippen LogP contribution in [0.2, 0.25) is 0 Å². The number of methoxy groups -OCH3 is 2. The molecule has 0 saturated carbocycles. The van der Waals surface area contributed by atoms with Gasteiger partial charge in [0.2, 0.25) is 0 Å². The molecule has 5 nitrogen and oxygen atoms in total. The zero-order chi connectivity index (χ0) is 16.2. The number of H-pyrrole nitrogens is 1. The molecule has 0 radical (unpaired) electrons. The summed E-state index contributed by atoms with van der Waals surface area (Å²) >= 11 is 0. The van der Waals surface area contributed by atoms with Crippen LogP contribution in [0.15, 0.2) is 54.7 Å². The first-order chi connectivity index (χ1) is 11.2. The van der Waals surface area contributed by atoms with E-state index in [9.17, 15) is 5.11 Å². The van der Waals surface area contributed by atoms with Crippen LogP contribution < -0.4 is 9.47 Å². The molecule has 0 spiro atoms. The Balaban J connectivity index is 1.89. The Kier molecular flexibility index (Phi) is 4.30. The minimum atomic E-state index is -0.820. The first-order valence-corrected chi connectivity index (χ1v) is 7.23. The first-order valence-electron chi connectivity index (χ1n) is 7.23. The number of ether oxygens (including phenoxy) is 2. The van der Waals surface area contributed by atoms with Crippen molar-refractivity contribution in [3.05, 3.63) is 66.0 Å². The largest absolute Gasteiger partial charge is 0.493 e. The van der Waals surface area contributed by atoms with E-state index in [0.29, 0.717) is 22.8 Å². The van der Waals surface area contributed by atoms with Gasteiger partial charge >= 0.3 is 0 Å². The first kappa shape index (κ1) is 15.1. The third-order valence-corrected chi connectivity index (χ3v) is 3.66. The molecule has 23 heavy (non-hydrogen) atoms. The fourth-order valence-electron chi connectivity index (χ4n) is 2.42. The molecular formula is C18H18N2O3. The summed E-state index contributed by atoms with van der Waals surface area (Å²) in [6, 6.07) is 15.1. The molecule has 0 bridgehead atoms. The van der Waals surface area contributed by atoms with E-state index in [4.69, 9.17) is 9.47 Å². The minimum absolute atomic E-state index is 0.576. The van der Waals surface area contributed by atoms with Crippen molar-refractivity contribution in [3.8, 4) is 22.9 Å². The third kappa shape index (κ3) is 3.05. The van der Waals surface area contributed by atoms with Crippen LogP contribution >= 0.6 is 0 Å². The smallest absolute Gasteiger partial charge is 0.161 e. The normalized spacial score (nSPS) is 12.0. The van der Waals surface area contributed by atoms with Crippen molar-refractivity contribution in [1.82, 2.24) is 9.97 Å². The Morgan fingerprint density at radius 2 is 1.74 bits per heavy atom. The van der Waals surface area contributed by atoms with Gasteiger partial charge in [0.15, 0.2) is 11.5 Å². The van der Waals surface area contributed by atoms with E-state index < -0.39 is 6.10 Å². The Morgan fingerprint density at radius 1 is 1.00 bits per heavy atom. The molecule has 0 aliphatic carbocycles. The molecule has 0 aliphatic heterocycles. The summed E-state index contributed by atoms with van der Waals surface area (Å²) in [5, 5.41) is 10.6. The molecule has 1 atom stereocenters. The average molecular weight is 310 g/mol. The van der Waals surface area contributed by atoms with Crippen LogP contribution in [0.25, 0.3) is 11.4 Å². The summed E-state index contributed by atoms with van der Waals surface area (Å²) in [5.41, 5.74) is 2.29. The van der Waals surface area contributed by atoms with Crippen molar-refractivity contribution in [1.29, 1.82) is 0 Å². The van der Waals surface area contributed by atoms with Gasteiger partial charge in [-0.3, -0.25) is 0 Å². The molecule has 1 unspecified atom stereocenters. The molecule has 2 aromatic carbocycles. The molecule has 1 aromatic heterocycles. The van der Waals surface area contributed by atoms with E-state index >= 15 is 0 Å². The zero-order valence-electron chi connectivity index (χ0n) is 13.0. The van der Waals surface area contributed by atoms with Crippen LogP contribution in [-0.2, 0) is 0 Å². The van der Waals surface area contributed by atoms with E-state index in [1.807, 2.05) is 30.3 Å². The van der Waals surface area contributed by atoms with E-state index in [1.165, 1.54) is 0 Å². The van der Waals surface area contributed by atoms with E-state index in [2.05, 4.69) is 9.97 Å². The van der Waals surface area contributed by atoms with Crippen molar-refractivity contribution in [2.75, 3.05) is 14.2 Å². The Morgan fingerprint density at radius 3 is 2.43 bits per heavy atom. The lowest BCUT2D eigenvalue weighted by Crippen LogP contribution is -2.01. The minimum Gasteiger partial charge on any atom is -0.493 e. The van der Waals surface area contributed by atoms with E-state index in [1.54, 1.807) is 38.6 Å². The van der Waals surface area contributed by atoms with Crippen LogP contribution in [-0.4, -0.2) is 29.3 Å². The molecular weight excluding hydrogens is 292 g/mol. The molecule has 0 amide bonds. The van der Waals surface area contributed by atoms with E-state index in [-0.39, 0.29) is 0 Å². The van der Waals surface area contributed by atoms with Crippen LogP contribution in [0.4, 0.5) is 0 Å². The summed E-state index contributed by atoms with van der Waals surface area (Å²) in [5.74, 6) is 1.92. The quantitative estimate of drug-likeness (QED) is 0.759. The van der Waals surface area contributed by atoms with Crippen LogP contribution in [0.1, 0.15) is 17.4 Å². The highest BCUT2D eigenvalue weighted by molar-refractivity contribution is 5.55. The van der Waals surface area contributed by atoms with Gasteiger partial charge in [0.1, 0.15) is 11.9 Å². The van der Waals surface area contributed by atoms with Gasteiger partial charge in [0.05, 0.1) is 26.1 Å². The molecule has 2 N–H and O–H groups in total. The standard InChI is InChI=1S/C18H18N2O3/c1-22-15-9-8-13(10-16(15)23-2)17(21)14-11-19-18(20-14)12-6-4-3-5-7-12/h3-11,17,21H,1-2H3,(H,19,20). The monoisotopic (exact) mass is 310 g/mol. The van der Waals surface area contributed by atoms with Gasteiger partial charge in [-0.1, -0.05) is 36.4 Å². The lowest BCUT2D eigenvalue weighted by atomic mass is 10.1. The summed E-state index contributed by atoms with van der Waals surface area (Å²) in [7, 11) is 3.15. The molecule has 3 aromatic rings. The lowest BCUT2D eigenvalue weighted by molar-refractivity contribution is 0.215. The zero-order valence-corrected chi connectivity index (χ0v) is 13.0. The van der Waals surface area contributed by atoms with E-state index in [0.717, 1.165) is 11.4 Å². The van der Waals surface area contributed by atoms with Gasteiger partial charge in [-0.15, -0.1) is 0 Å². The predicted octanol–water partition coefficient (Wildman–Crippen LogP) is 3.18. The Hall–Kier alpha value is -2.79. The van der Waals surface area contributed by atoms with Crippen molar-refractivity contribution >= 4 is 0 Å². The highest BCUT2D eigenvalue weighted by Gasteiger charge is 2.16. The molecule has 3 rings (SSSR count). The molecule has 5 heteroatoms. The average Bonchev–Trinajstić information content (AvgIpc) is 3.11. The Labute approximate surface area is 134 Å². The molecule has 0 saturated heterocycles. The highest BCUT2D eigenvalue weighted by Crippen LogP contribution is 2.32. The van der Waals surface area contributed by atoms with Crippen molar-refractivity contribution < 1.29 is 14.6 Å². The summed E-state index contributed by atoms with van der Waals surface area (Å²) in [6.45, 7) is 0. The maximum Gasteiger partial charge on any atom is 0.161 e. The number of aromatic amines is 1. The van der Waals surface area contributed by atoms with Gasteiger partial charge in [0, 0.05) is 5.56 Å². The van der Waals surface area contributed by atoms with Gasteiger partial charge in [-0.2, -0.15) is 0 Å². The maximum absolute atomic E-state index is 10.6. The highest BCUT2D eigenvalue weighted by atomic mass is 16.5. The fraction of sp³-hybridized carbons (Fsp3) is 0.167. The maximum atomic E-state index is 10.6. The number of hydrogen-bond acceptors (Lipinski definition) is 4. The van der Waals surface area contributed by atoms with Crippen LogP contribution in [0, 0.1) is 0 Å². The van der Waals surface area contributed by atoms with Crippen molar-refractivity contribution in [3.63, 3.8) is 0 Å². The van der Waals surface area contributed by atoms with Gasteiger partial charge in [0.25, 0.3) is 0 Å². The summed E-state index contributed by atoms with van der Waals surface area (Å²) in [4.78, 5) is 7.50. The summed E-state index contributed by atoms with van der Waals surface area (Å²) < 4.78 is 10.5. The predicted molar refractivity (Wildman–Crippen MR) is 87.6 cm³/mol. The van der Waals surface area contributed by atoms with Crippen molar-refractivity contribution in [2.45, 2.75) is 6.10 Å². The number of imidazole rings is 1. The molecule has 0 fully saturated rings. The number of benzene rings is 2. The van der Waals surface area contributed by atoms with Crippen molar-refractivity contribution in [2.24, 2.45) is 0 Å². The third-order valence-electron chi connectivity index (χ3n) is 3.66. The topological polar surface area (TPSA) is 67.4 Å². The molecule has 118 valence electrons. The number of aliphatic hydroxyl groups is 1. The Bertz CT molecular complexity index is 784. The number of hydrogen-bond donors (Lipinski definition) is 2. The summed E-state index contributed by atoms with van der Waals surface area (Å²) in [6.07, 6.45) is 0.823. The SMILES string of the molecule is COc1ccc(C(O)c2cnc(-c3ccccc3)[nH]2)cc1OC. The number of nitrogens with one attached hydrogen (secondary N) is 1. The van der Waals surface area contributed by atoms with Crippen LogP contribution in [0.3, 0.4) is 0 Å². The van der Waals surface area contributed by atoms with Crippen LogP contribution in [0.5, 0.6) is 11.5 Å². The second kappa shape index (κ2) is 6.54. The van der Waals surface area contributed by atoms with Gasteiger partial charge in [-0.25, -0.2) is 4.98 Å². The number of aromatic nitrogens is 2. The fourth-order valence-corrected chi connectivity index (χ4v) is 2.42. The number of aliphatic hydroxyl groups excluding tert-OH is 1.